The molecule has 3 aromatic rings. The molecule has 3 aromatic carbocycles. The zero-order valence-corrected chi connectivity index (χ0v) is 21.8. The van der Waals surface area contributed by atoms with Gasteiger partial charge in [-0.25, -0.2) is 4.79 Å². The molecule has 1 fully saturated rings. The highest BCUT2D eigenvalue weighted by Gasteiger charge is 2.32. The average Bonchev–Trinajstić information content (AvgIpc) is 2.95. The van der Waals surface area contributed by atoms with Crippen LogP contribution in [0.2, 0.25) is 0 Å². The minimum atomic E-state index is -1.03. The third-order valence-corrected chi connectivity index (χ3v) is 7.33. The van der Waals surface area contributed by atoms with Gasteiger partial charge in [-0.15, -0.1) is 11.8 Å². The van der Waals surface area contributed by atoms with Crippen molar-refractivity contribution in [1.29, 1.82) is 0 Å². The van der Waals surface area contributed by atoms with Crippen LogP contribution in [-0.4, -0.2) is 45.0 Å². The van der Waals surface area contributed by atoms with E-state index in [0.717, 1.165) is 21.6 Å². The second-order valence-corrected chi connectivity index (χ2v) is 10.1. The predicted octanol–water partition coefficient (Wildman–Crippen LogP) is 5.02. The highest BCUT2D eigenvalue weighted by Crippen LogP contribution is 2.39. The van der Waals surface area contributed by atoms with Gasteiger partial charge in [-0.2, -0.15) is 0 Å². The lowest BCUT2D eigenvalue weighted by Gasteiger charge is -2.36. The number of amides is 1. The van der Waals surface area contributed by atoms with Crippen molar-refractivity contribution >= 4 is 35.3 Å². The zero-order valence-electron chi connectivity index (χ0n) is 21.0. The molecule has 0 aliphatic carbocycles. The molecule has 0 bridgehead atoms. The number of anilines is 1. The molecule has 1 amide bonds. The number of aliphatic hydroxyl groups is 1. The number of thioether (sulfide) groups is 1. The molecular weight excluding hydrogens is 522 g/mol. The molecule has 1 aliphatic rings. The van der Waals surface area contributed by atoms with Crippen LogP contribution in [0, 0.1) is 0 Å². The fourth-order valence-electron chi connectivity index (χ4n) is 4.07. The minimum absolute atomic E-state index is 0.0450. The fourth-order valence-corrected chi connectivity index (χ4v) is 4.99. The molecule has 0 saturated carbocycles. The Bertz CT molecular complexity index is 1280. The van der Waals surface area contributed by atoms with E-state index in [0.29, 0.717) is 17.9 Å². The van der Waals surface area contributed by atoms with E-state index in [1.807, 2.05) is 24.3 Å². The number of carboxylic acid groups (broad SMARTS) is 2. The molecule has 0 aromatic heterocycles. The summed E-state index contributed by atoms with van der Waals surface area (Å²) in [5, 5.41) is 30.0. The van der Waals surface area contributed by atoms with E-state index < -0.39 is 18.2 Å². The Hall–Kier alpha value is -3.70. The van der Waals surface area contributed by atoms with Gasteiger partial charge in [-0.1, -0.05) is 36.4 Å². The van der Waals surface area contributed by atoms with Crippen molar-refractivity contribution in [2.75, 3.05) is 11.1 Å². The summed E-state index contributed by atoms with van der Waals surface area (Å²) in [4.78, 5) is 34.7. The number of carboxylic acids is 2. The van der Waals surface area contributed by atoms with E-state index in [-0.39, 0.29) is 43.1 Å². The van der Waals surface area contributed by atoms with Crippen molar-refractivity contribution in [3.63, 3.8) is 0 Å². The first-order chi connectivity index (χ1) is 18.8. The Morgan fingerprint density at radius 1 is 0.846 bits per heavy atom. The van der Waals surface area contributed by atoms with E-state index in [4.69, 9.17) is 19.7 Å². The molecule has 4 rings (SSSR count). The standard InChI is InChI=1S/C29H29NO8S/c31-16-18-1-3-19(4-2-18)25-15-23(17-39-24-11-7-20(8-12-24)28(35)36)37-29(38-25)21-5-9-22(10-6-21)30-26(32)13-14-27(33)34/h1-12,23,25,29,31H,13-17H2,(H,30,32)(H,33,34)(H,35,36)/t23-,25+,29+/m0/s1. The molecule has 1 heterocycles. The number of carbonyl (C=O) groups is 3. The van der Waals surface area contributed by atoms with Crippen molar-refractivity contribution < 1.29 is 39.2 Å². The topological polar surface area (TPSA) is 142 Å². The third-order valence-electron chi connectivity index (χ3n) is 6.18. The summed E-state index contributed by atoms with van der Waals surface area (Å²) in [6.45, 7) is -0.0450. The number of nitrogens with one attached hydrogen (secondary N) is 1. The van der Waals surface area contributed by atoms with Gasteiger partial charge in [0.15, 0.2) is 6.29 Å². The monoisotopic (exact) mass is 551 g/mol. The summed E-state index contributed by atoms with van der Waals surface area (Å²) in [6.07, 6.45) is -0.846. The number of aliphatic hydroxyl groups excluding tert-OH is 1. The van der Waals surface area contributed by atoms with Gasteiger partial charge in [0.1, 0.15) is 0 Å². The number of aliphatic carboxylic acids is 1. The van der Waals surface area contributed by atoms with Crippen LogP contribution in [0.15, 0.2) is 77.7 Å². The van der Waals surface area contributed by atoms with Gasteiger partial charge in [-0.3, -0.25) is 9.59 Å². The minimum Gasteiger partial charge on any atom is -0.481 e. The number of benzene rings is 3. The number of aromatic carboxylic acids is 1. The smallest absolute Gasteiger partial charge is 0.335 e. The highest BCUT2D eigenvalue weighted by atomic mass is 32.2. The van der Waals surface area contributed by atoms with E-state index in [2.05, 4.69) is 5.32 Å². The first-order valence-electron chi connectivity index (χ1n) is 12.4. The second kappa shape index (κ2) is 13.4. The highest BCUT2D eigenvalue weighted by molar-refractivity contribution is 7.99. The quantitative estimate of drug-likeness (QED) is 0.242. The second-order valence-electron chi connectivity index (χ2n) is 9.05. The first kappa shape index (κ1) is 28.3. The third kappa shape index (κ3) is 8.14. The summed E-state index contributed by atoms with van der Waals surface area (Å²) in [5.74, 6) is -1.76. The summed E-state index contributed by atoms with van der Waals surface area (Å²) >= 11 is 1.57. The van der Waals surface area contributed by atoms with Gasteiger partial charge in [0, 0.05) is 34.7 Å². The van der Waals surface area contributed by atoms with Crippen LogP contribution in [0.5, 0.6) is 0 Å². The van der Waals surface area contributed by atoms with Crippen LogP contribution < -0.4 is 5.32 Å². The zero-order chi connectivity index (χ0) is 27.8. The molecule has 1 saturated heterocycles. The van der Waals surface area contributed by atoms with Gasteiger partial charge >= 0.3 is 11.9 Å². The molecule has 9 nitrogen and oxygen atoms in total. The molecule has 10 heteroatoms. The number of carbonyl (C=O) groups excluding carboxylic acids is 1. The summed E-state index contributed by atoms with van der Waals surface area (Å²) < 4.78 is 12.6. The average molecular weight is 552 g/mol. The normalized spacial score (nSPS) is 18.8. The number of hydrogen-bond donors (Lipinski definition) is 4. The molecule has 3 atom stereocenters. The van der Waals surface area contributed by atoms with Gasteiger partial charge in [0.25, 0.3) is 0 Å². The van der Waals surface area contributed by atoms with E-state index in [1.165, 1.54) is 0 Å². The molecule has 0 unspecified atom stereocenters. The van der Waals surface area contributed by atoms with Crippen LogP contribution in [0.1, 0.15) is 58.7 Å². The van der Waals surface area contributed by atoms with Crippen LogP contribution >= 0.6 is 11.8 Å². The van der Waals surface area contributed by atoms with Gasteiger partial charge < -0.3 is 30.1 Å². The van der Waals surface area contributed by atoms with Gasteiger partial charge in [0.2, 0.25) is 5.91 Å². The van der Waals surface area contributed by atoms with Crippen LogP contribution in [-0.2, 0) is 25.7 Å². The molecule has 204 valence electrons. The first-order valence-corrected chi connectivity index (χ1v) is 13.4. The molecule has 1 aliphatic heterocycles. The Kier molecular flexibility index (Phi) is 9.72. The van der Waals surface area contributed by atoms with Crippen molar-refractivity contribution in [2.24, 2.45) is 0 Å². The molecule has 4 N–H and O–H groups in total. The fraction of sp³-hybridized carbons (Fsp3) is 0.276. The van der Waals surface area contributed by atoms with E-state index in [9.17, 15) is 19.5 Å². The van der Waals surface area contributed by atoms with Crippen LogP contribution in [0.4, 0.5) is 5.69 Å². The van der Waals surface area contributed by atoms with Crippen molar-refractivity contribution in [3.05, 3.63) is 95.1 Å². The van der Waals surface area contributed by atoms with Crippen molar-refractivity contribution in [2.45, 2.75) is 49.3 Å². The lowest BCUT2D eigenvalue weighted by atomic mass is 10.0. The van der Waals surface area contributed by atoms with Crippen molar-refractivity contribution in [1.82, 2.24) is 0 Å². The number of rotatable bonds is 11. The Morgan fingerprint density at radius 3 is 2.13 bits per heavy atom. The summed E-state index contributed by atoms with van der Waals surface area (Å²) in [6, 6.07) is 21.3. The molecule has 0 spiro atoms. The lowest BCUT2D eigenvalue weighted by molar-refractivity contribution is -0.245. The summed E-state index contributed by atoms with van der Waals surface area (Å²) in [5.41, 5.74) is 3.30. The number of ether oxygens (including phenoxy) is 2. The Balaban J connectivity index is 1.46. The molecule has 39 heavy (non-hydrogen) atoms. The van der Waals surface area contributed by atoms with E-state index >= 15 is 0 Å². The maximum atomic E-state index is 12.0. The molecular formula is C29H29NO8S. The van der Waals surface area contributed by atoms with Gasteiger partial charge in [-0.05, 0) is 47.5 Å². The van der Waals surface area contributed by atoms with Crippen LogP contribution in [0.25, 0.3) is 0 Å². The van der Waals surface area contributed by atoms with Crippen LogP contribution in [0.3, 0.4) is 0 Å². The maximum absolute atomic E-state index is 12.0. The Morgan fingerprint density at radius 2 is 1.51 bits per heavy atom. The van der Waals surface area contributed by atoms with Crippen molar-refractivity contribution in [3.8, 4) is 0 Å². The SMILES string of the molecule is O=C(O)CCC(=O)Nc1ccc([C@@H]2O[C@H](CSc3ccc(C(=O)O)cc3)C[C@H](c3ccc(CO)cc3)O2)cc1. The number of hydrogen-bond acceptors (Lipinski definition) is 7. The Labute approximate surface area is 229 Å². The largest absolute Gasteiger partial charge is 0.481 e. The van der Waals surface area contributed by atoms with E-state index in [1.54, 1.807) is 60.3 Å². The van der Waals surface area contributed by atoms with Gasteiger partial charge in [0.05, 0.1) is 30.8 Å². The molecule has 0 radical (unpaired) electrons. The maximum Gasteiger partial charge on any atom is 0.335 e. The lowest BCUT2D eigenvalue weighted by Crippen LogP contribution is -2.31. The predicted molar refractivity (Wildman–Crippen MR) is 144 cm³/mol. The summed E-state index contributed by atoms with van der Waals surface area (Å²) in [7, 11) is 0.